The molecule has 1 saturated carbocycles. The van der Waals surface area contributed by atoms with E-state index in [0.717, 1.165) is 32.2 Å². The van der Waals surface area contributed by atoms with Crippen molar-refractivity contribution < 1.29 is 4.79 Å². The maximum Gasteiger partial charge on any atom is 0.223 e. The van der Waals surface area contributed by atoms with Gasteiger partial charge in [0.15, 0.2) is 0 Å². The zero-order chi connectivity index (χ0) is 12.7. The van der Waals surface area contributed by atoms with Crippen molar-refractivity contribution in [3.63, 3.8) is 0 Å². The number of amides is 1. The minimum absolute atomic E-state index is 0.128. The van der Waals surface area contributed by atoms with Crippen LogP contribution in [-0.2, 0) is 4.79 Å². The average molecular weight is 240 g/mol. The minimum atomic E-state index is 0.128. The second kappa shape index (κ2) is 7.70. The number of nitrogens with two attached hydrogens (primary N) is 1. The average Bonchev–Trinajstić information content (AvgIpc) is 2.33. The van der Waals surface area contributed by atoms with E-state index in [1.165, 1.54) is 19.3 Å². The topological polar surface area (TPSA) is 55.1 Å². The lowest BCUT2D eigenvalue weighted by atomic mass is 9.78. The van der Waals surface area contributed by atoms with Crippen LogP contribution in [0.5, 0.6) is 0 Å². The number of rotatable bonds is 6. The van der Waals surface area contributed by atoms with Crippen LogP contribution in [0.2, 0.25) is 0 Å². The van der Waals surface area contributed by atoms with Crippen LogP contribution in [0, 0.1) is 11.8 Å². The number of nitrogens with one attached hydrogen (secondary N) is 1. The third kappa shape index (κ3) is 5.07. The summed E-state index contributed by atoms with van der Waals surface area (Å²) in [5.74, 6) is 0.841. The molecule has 0 saturated heterocycles. The van der Waals surface area contributed by atoms with Gasteiger partial charge in [-0.25, -0.2) is 0 Å². The summed E-state index contributed by atoms with van der Waals surface area (Å²) >= 11 is 0. The molecule has 1 rings (SSSR count). The van der Waals surface area contributed by atoms with Gasteiger partial charge in [0.1, 0.15) is 0 Å². The summed E-state index contributed by atoms with van der Waals surface area (Å²) in [6.45, 7) is 5.06. The third-order valence-corrected chi connectivity index (χ3v) is 3.96. The molecule has 0 aliphatic heterocycles. The van der Waals surface area contributed by atoms with E-state index in [1.807, 2.05) is 0 Å². The van der Waals surface area contributed by atoms with E-state index in [4.69, 9.17) is 5.73 Å². The van der Waals surface area contributed by atoms with E-state index in [0.29, 0.717) is 12.0 Å². The lowest BCUT2D eigenvalue weighted by Gasteiger charge is -2.30. The summed E-state index contributed by atoms with van der Waals surface area (Å²) in [4.78, 5) is 12.0. The predicted octanol–water partition coefficient (Wildman–Crippen LogP) is 2.45. The lowest BCUT2D eigenvalue weighted by Crippen LogP contribution is -2.38. The Kier molecular flexibility index (Phi) is 6.56. The maximum atomic E-state index is 12.0. The quantitative estimate of drug-likeness (QED) is 0.701. The summed E-state index contributed by atoms with van der Waals surface area (Å²) < 4.78 is 0. The van der Waals surface area contributed by atoms with E-state index in [-0.39, 0.29) is 11.8 Å². The molecule has 0 bridgehead atoms. The summed E-state index contributed by atoms with van der Waals surface area (Å²) in [6.07, 6.45) is 7.98. The molecule has 0 heterocycles. The van der Waals surface area contributed by atoms with E-state index < -0.39 is 0 Å². The summed E-state index contributed by atoms with van der Waals surface area (Å²) in [6, 6.07) is 0.309. The van der Waals surface area contributed by atoms with Crippen molar-refractivity contribution in [3.05, 3.63) is 0 Å². The zero-order valence-corrected chi connectivity index (χ0v) is 11.4. The normalized spacial score (nSPS) is 26.5. The summed E-state index contributed by atoms with van der Waals surface area (Å²) in [5, 5.41) is 3.05. The van der Waals surface area contributed by atoms with Gasteiger partial charge in [-0.3, -0.25) is 4.79 Å². The molecule has 3 heteroatoms. The van der Waals surface area contributed by atoms with Gasteiger partial charge in [-0.1, -0.05) is 33.1 Å². The molecular formula is C14H28N2O. The Morgan fingerprint density at radius 3 is 2.82 bits per heavy atom. The van der Waals surface area contributed by atoms with Gasteiger partial charge in [0.05, 0.1) is 0 Å². The first-order valence-electron chi connectivity index (χ1n) is 7.18. The molecule has 3 N–H and O–H groups in total. The molecule has 1 fully saturated rings. The van der Waals surface area contributed by atoms with Crippen molar-refractivity contribution in [2.75, 3.05) is 6.54 Å². The Morgan fingerprint density at radius 1 is 1.41 bits per heavy atom. The Labute approximate surface area is 106 Å². The number of unbranched alkanes of at least 4 members (excludes halogenated alkanes) is 2. The van der Waals surface area contributed by atoms with Crippen molar-refractivity contribution >= 4 is 5.91 Å². The highest BCUT2D eigenvalue weighted by Crippen LogP contribution is 2.29. The van der Waals surface area contributed by atoms with E-state index in [2.05, 4.69) is 19.2 Å². The smallest absolute Gasteiger partial charge is 0.223 e. The molecule has 1 aliphatic carbocycles. The molecule has 100 valence electrons. The molecule has 1 aliphatic rings. The minimum Gasteiger partial charge on any atom is -0.356 e. The Morgan fingerprint density at radius 2 is 2.18 bits per heavy atom. The Balaban J connectivity index is 2.25. The standard InChI is InChI=1S/C14H28N2O/c1-3-4-5-9-16-14(17)11(2)12-7-6-8-13(15)10-12/h11-13H,3-10,15H2,1-2H3,(H,16,17). The molecule has 1 amide bonds. The zero-order valence-electron chi connectivity index (χ0n) is 11.4. The Hall–Kier alpha value is -0.570. The Bertz CT molecular complexity index is 230. The van der Waals surface area contributed by atoms with Crippen LogP contribution in [0.25, 0.3) is 0 Å². The van der Waals surface area contributed by atoms with Gasteiger partial charge in [-0.2, -0.15) is 0 Å². The first kappa shape index (κ1) is 14.5. The van der Waals surface area contributed by atoms with Gasteiger partial charge in [-0.15, -0.1) is 0 Å². The van der Waals surface area contributed by atoms with E-state index >= 15 is 0 Å². The maximum absolute atomic E-state index is 12.0. The van der Waals surface area contributed by atoms with Crippen molar-refractivity contribution in [2.45, 2.75) is 64.8 Å². The number of hydrogen-bond donors (Lipinski definition) is 2. The van der Waals surface area contributed by atoms with Gasteiger partial charge in [0, 0.05) is 18.5 Å². The fourth-order valence-electron chi connectivity index (χ4n) is 2.68. The van der Waals surface area contributed by atoms with E-state index in [1.54, 1.807) is 0 Å². The monoisotopic (exact) mass is 240 g/mol. The molecular weight excluding hydrogens is 212 g/mol. The van der Waals surface area contributed by atoms with Crippen LogP contribution >= 0.6 is 0 Å². The first-order valence-corrected chi connectivity index (χ1v) is 7.18. The van der Waals surface area contributed by atoms with Gasteiger partial charge in [0.25, 0.3) is 0 Å². The third-order valence-electron chi connectivity index (χ3n) is 3.96. The number of carbonyl (C=O) groups excluding carboxylic acids is 1. The van der Waals surface area contributed by atoms with Gasteiger partial charge < -0.3 is 11.1 Å². The van der Waals surface area contributed by atoms with Gasteiger partial charge in [-0.05, 0) is 31.6 Å². The van der Waals surface area contributed by atoms with Crippen molar-refractivity contribution in [1.82, 2.24) is 5.32 Å². The largest absolute Gasteiger partial charge is 0.356 e. The van der Waals surface area contributed by atoms with Gasteiger partial charge in [0.2, 0.25) is 5.91 Å². The molecule has 0 radical (unpaired) electrons. The molecule has 0 aromatic heterocycles. The molecule has 3 atom stereocenters. The number of carbonyl (C=O) groups is 1. The lowest BCUT2D eigenvalue weighted by molar-refractivity contribution is -0.126. The van der Waals surface area contributed by atoms with Crippen LogP contribution in [-0.4, -0.2) is 18.5 Å². The first-order chi connectivity index (χ1) is 8.15. The second-order valence-corrected chi connectivity index (χ2v) is 5.47. The molecule has 0 aromatic rings. The van der Waals surface area contributed by atoms with Crippen molar-refractivity contribution in [3.8, 4) is 0 Å². The molecule has 3 unspecified atom stereocenters. The highest BCUT2D eigenvalue weighted by atomic mass is 16.1. The molecule has 3 nitrogen and oxygen atoms in total. The number of hydrogen-bond acceptors (Lipinski definition) is 2. The highest BCUT2D eigenvalue weighted by molar-refractivity contribution is 5.78. The summed E-state index contributed by atoms with van der Waals surface area (Å²) in [7, 11) is 0. The molecule has 0 spiro atoms. The van der Waals surface area contributed by atoms with Gasteiger partial charge >= 0.3 is 0 Å². The fraction of sp³-hybridized carbons (Fsp3) is 0.929. The fourth-order valence-corrected chi connectivity index (χ4v) is 2.68. The van der Waals surface area contributed by atoms with Crippen LogP contribution in [0.3, 0.4) is 0 Å². The summed E-state index contributed by atoms with van der Waals surface area (Å²) in [5.41, 5.74) is 5.97. The predicted molar refractivity (Wildman–Crippen MR) is 71.6 cm³/mol. The van der Waals surface area contributed by atoms with Crippen LogP contribution in [0.4, 0.5) is 0 Å². The van der Waals surface area contributed by atoms with Crippen LogP contribution in [0.1, 0.15) is 58.8 Å². The second-order valence-electron chi connectivity index (χ2n) is 5.47. The van der Waals surface area contributed by atoms with E-state index in [9.17, 15) is 4.79 Å². The van der Waals surface area contributed by atoms with Crippen molar-refractivity contribution in [1.29, 1.82) is 0 Å². The van der Waals surface area contributed by atoms with Crippen LogP contribution in [0.15, 0.2) is 0 Å². The van der Waals surface area contributed by atoms with Crippen LogP contribution < -0.4 is 11.1 Å². The van der Waals surface area contributed by atoms with Crippen molar-refractivity contribution in [2.24, 2.45) is 17.6 Å². The SMILES string of the molecule is CCCCCNC(=O)C(C)C1CCCC(N)C1. The highest BCUT2D eigenvalue weighted by Gasteiger charge is 2.28. The molecule has 17 heavy (non-hydrogen) atoms. The molecule has 0 aromatic carbocycles.